The third-order valence-corrected chi connectivity index (χ3v) is 4.19. The number of rotatable bonds is 5. The van der Waals surface area contributed by atoms with E-state index in [1.54, 1.807) is 18.4 Å². The Morgan fingerprint density at radius 2 is 2.25 bits per heavy atom. The number of thiazole rings is 1. The number of ether oxygens (including phenoxy) is 2. The zero-order valence-electron chi connectivity index (χ0n) is 11.5. The van der Waals surface area contributed by atoms with Crippen LogP contribution >= 0.6 is 11.3 Å². The van der Waals surface area contributed by atoms with Crippen LogP contribution in [-0.4, -0.2) is 31.3 Å². The zero-order valence-corrected chi connectivity index (χ0v) is 12.3. The molecule has 1 N–H and O–H groups in total. The maximum atomic E-state index is 5.59. The van der Waals surface area contributed by atoms with Crippen LogP contribution in [0.1, 0.15) is 12.8 Å². The topological polar surface area (TPSA) is 43.4 Å². The fourth-order valence-corrected chi connectivity index (χ4v) is 2.99. The molecule has 0 saturated carbocycles. The molecule has 0 aliphatic carbocycles. The Hall–Kier alpha value is -1.59. The lowest BCUT2D eigenvalue weighted by Crippen LogP contribution is -2.18. The number of anilines is 1. The van der Waals surface area contributed by atoms with E-state index in [0.717, 1.165) is 41.7 Å². The van der Waals surface area contributed by atoms with Crippen molar-refractivity contribution < 1.29 is 9.47 Å². The van der Waals surface area contributed by atoms with Gasteiger partial charge < -0.3 is 14.8 Å². The van der Waals surface area contributed by atoms with Gasteiger partial charge in [0, 0.05) is 24.1 Å². The van der Waals surface area contributed by atoms with Crippen LogP contribution in [0, 0.1) is 0 Å². The first kappa shape index (κ1) is 13.4. The molecule has 2 aromatic rings. The molecule has 3 rings (SSSR count). The normalized spacial score (nSPS) is 18.1. The fraction of sp³-hybridized carbons (Fsp3) is 0.400. The van der Waals surface area contributed by atoms with E-state index in [2.05, 4.69) is 15.7 Å². The number of benzene rings is 1. The van der Waals surface area contributed by atoms with E-state index in [-0.39, 0.29) is 0 Å². The highest BCUT2D eigenvalue weighted by atomic mass is 32.1. The molecule has 5 heteroatoms. The van der Waals surface area contributed by atoms with Crippen LogP contribution in [0.5, 0.6) is 5.75 Å². The third kappa shape index (κ3) is 3.11. The molecule has 1 aromatic carbocycles. The number of nitrogens with one attached hydrogen (secondary N) is 1. The summed E-state index contributed by atoms with van der Waals surface area (Å²) in [7, 11) is 1.67. The van der Waals surface area contributed by atoms with E-state index in [1.807, 2.05) is 24.3 Å². The van der Waals surface area contributed by atoms with E-state index < -0.39 is 0 Å². The first-order valence-corrected chi connectivity index (χ1v) is 7.68. The van der Waals surface area contributed by atoms with Gasteiger partial charge in [0.1, 0.15) is 5.75 Å². The highest BCUT2D eigenvalue weighted by Crippen LogP contribution is 2.26. The third-order valence-electron chi connectivity index (χ3n) is 3.39. The molecule has 1 aliphatic rings. The molecule has 2 heterocycles. The van der Waals surface area contributed by atoms with Crippen molar-refractivity contribution in [2.24, 2.45) is 0 Å². The van der Waals surface area contributed by atoms with Crippen LogP contribution in [0.3, 0.4) is 0 Å². The van der Waals surface area contributed by atoms with Crippen molar-refractivity contribution in [2.75, 3.05) is 25.6 Å². The number of aromatic nitrogens is 1. The van der Waals surface area contributed by atoms with Crippen molar-refractivity contribution in [3.05, 3.63) is 29.6 Å². The zero-order chi connectivity index (χ0) is 13.8. The quantitative estimate of drug-likeness (QED) is 0.916. The Balaban J connectivity index is 1.62. The van der Waals surface area contributed by atoms with Crippen molar-refractivity contribution in [1.82, 2.24) is 4.98 Å². The van der Waals surface area contributed by atoms with E-state index in [4.69, 9.17) is 9.47 Å². The Morgan fingerprint density at radius 1 is 1.40 bits per heavy atom. The van der Waals surface area contributed by atoms with Crippen LogP contribution in [0.2, 0.25) is 0 Å². The number of hydrogen-bond donors (Lipinski definition) is 1. The Morgan fingerprint density at radius 3 is 2.95 bits per heavy atom. The Bertz CT molecular complexity index is 547. The van der Waals surface area contributed by atoms with Gasteiger partial charge in [-0.05, 0) is 37.1 Å². The van der Waals surface area contributed by atoms with Gasteiger partial charge in [-0.25, -0.2) is 4.98 Å². The molecule has 1 aromatic heterocycles. The monoisotopic (exact) mass is 290 g/mol. The lowest BCUT2D eigenvalue weighted by atomic mass is 10.2. The molecule has 0 spiro atoms. The van der Waals surface area contributed by atoms with Gasteiger partial charge in [0.15, 0.2) is 5.13 Å². The first-order chi connectivity index (χ1) is 9.85. The second-order valence-corrected chi connectivity index (χ2v) is 5.64. The van der Waals surface area contributed by atoms with Crippen LogP contribution in [0.15, 0.2) is 29.6 Å². The lowest BCUT2D eigenvalue weighted by Gasteiger charge is -2.09. The second-order valence-electron chi connectivity index (χ2n) is 4.78. The first-order valence-electron chi connectivity index (χ1n) is 6.80. The maximum Gasteiger partial charge on any atom is 0.183 e. The molecule has 106 valence electrons. The van der Waals surface area contributed by atoms with Gasteiger partial charge in [-0.15, -0.1) is 11.3 Å². The summed E-state index contributed by atoms with van der Waals surface area (Å²) in [6.07, 6.45) is 2.65. The summed E-state index contributed by atoms with van der Waals surface area (Å²) >= 11 is 1.63. The molecular weight excluding hydrogens is 272 g/mol. The summed E-state index contributed by atoms with van der Waals surface area (Å²) in [4.78, 5) is 4.61. The summed E-state index contributed by atoms with van der Waals surface area (Å²) in [5.41, 5.74) is 2.10. The predicted molar refractivity (Wildman–Crippen MR) is 81.6 cm³/mol. The molecule has 1 fully saturated rings. The smallest absolute Gasteiger partial charge is 0.183 e. The molecule has 20 heavy (non-hydrogen) atoms. The summed E-state index contributed by atoms with van der Waals surface area (Å²) in [5, 5.41) is 6.38. The summed E-state index contributed by atoms with van der Waals surface area (Å²) in [6.45, 7) is 1.73. The fourth-order valence-electron chi connectivity index (χ4n) is 2.26. The van der Waals surface area contributed by atoms with Gasteiger partial charge in [0.05, 0.1) is 18.9 Å². The largest absolute Gasteiger partial charge is 0.497 e. The minimum absolute atomic E-state index is 0.336. The molecule has 0 unspecified atom stereocenters. The van der Waals surface area contributed by atoms with Crippen LogP contribution in [0.4, 0.5) is 5.13 Å². The van der Waals surface area contributed by atoms with Crippen molar-refractivity contribution in [3.8, 4) is 17.0 Å². The van der Waals surface area contributed by atoms with Crippen molar-refractivity contribution in [3.63, 3.8) is 0 Å². The average molecular weight is 290 g/mol. The standard InChI is InChI=1S/C15H18N2O2S/c1-18-12-6-4-11(5-7-12)14-10-20-15(17-14)16-9-13-3-2-8-19-13/h4-7,10,13H,2-3,8-9H2,1H3,(H,16,17)/t13-/m0/s1. The highest BCUT2D eigenvalue weighted by Gasteiger charge is 2.15. The van der Waals surface area contributed by atoms with Gasteiger partial charge in [-0.3, -0.25) is 0 Å². The number of methoxy groups -OCH3 is 1. The van der Waals surface area contributed by atoms with E-state index >= 15 is 0 Å². The molecule has 4 nitrogen and oxygen atoms in total. The summed E-state index contributed by atoms with van der Waals surface area (Å²) in [6, 6.07) is 7.96. The Kier molecular flexibility index (Phi) is 4.18. The van der Waals surface area contributed by atoms with Gasteiger partial charge in [-0.1, -0.05) is 0 Å². The lowest BCUT2D eigenvalue weighted by molar-refractivity contribution is 0.120. The van der Waals surface area contributed by atoms with Crippen molar-refractivity contribution in [1.29, 1.82) is 0 Å². The van der Waals surface area contributed by atoms with E-state index in [0.29, 0.717) is 6.10 Å². The van der Waals surface area contributed by atoms with Crippen LogP contribution in [-0.2, 0) is 4.74 Å². The minimum atomic E-state index is 0.336. The number of nitrogens with zero attached hydrogens (tertiary/aromatic N) is 1. The van der Waals surface area contributed by atoms with Crippen molar-refractivity contribution >= 4 is 16.5 Å². The molecule has 1 atom stereocenters. The molecule has 1 saturated heterocycles. The van der Waals surface area contributed by atoms with Gasteiger partial charge in [0.25, 0.3) is 0 Å². The minimum Gasteiger partial charge on any atom is -0.497 e. The van der Waals surface area contributed by atoms with Crippen LogP contribution < -0.4 is 10.1 Å². The van der Waals surface area contributed by atoms with Gasteiger partial charge >= 0.3 is 0 Å². The number of hydrogen-bond acceptors (Lipinski definition) is 5. The molecule has 0 radical (unpaired) electrons. The van der Waals surface area contributed by atoms with E-state index in [9.17, 15) is 0 Å². The molecule has 0 amide bonds. The summed E-state index contributed by atoms with van der Waals surface area (Å²) < 4.78 is 10.8. The van der Waals surface area contributed by atoms with Gasteiger partial charge in [-0.2, -0.15) is 0 Å². The second kappa shape index (κ2) is 6.24. The van der Waals surface area contributed by atoms with Gasteiger partial charge in [0.2, 0.25) is 0 Å². The van der Waals surface area contributed by atoms with Crippen molar-refractivity contribution in [2.45, 2.75) is 18.9 Å². The summed E-state index contributed by atoms with van der Waals surface area (Å²) in [5.74, 6) is 0.862. The molecule has 1 aliphatic heterocycles. The molecular formula is C15H18N2O2S. The highest BCUT2D eigenvalue weighted by molar-refractivity contribution is 7.14. The SMILES string of the molecule is COc1ccc(-c2csc(NC[C@@H]3CCCO3)n2)cc1. The average Bonchev–Trinajstić information content (AvgIpc) is 3.17. The maximum absolute atomic E-state index is 5.59. The predicted octanol–water partition coefficient (Wildman–Crippen LogP) is 3.41. The van der Waals surface area contributed by atoms with E-state index in [1.165, 1.54) is 6.42 Å². The molecule has 0 bridgehead atoms. The Labute approximate surface area is 122 Å². The van der Waals surface area contributed by atoms with Crippen LogP contribution in [0.25, 0.3) is 11.3 Å².